The van der Waals surface area contributed by atoms with E-state index in [0.29, 0.717) is 13.0 Å². The lowest BCUT2D eigenvalue weighted by Gasteiger charge is -2.48. The van der Waals surface area contributed by atoms with Crippen LogP contribution in [0.4, 0.5) is 0 Å². The third-order valence-corrected chi connectivity index (χ3v) is 4.86. The number of ether oxygens (including phenoxy) is 1. The Kier molecular flexibility index (Phi) is 1.77. The van der Waals surface area contributed by atoms with Crippen molar-refractivity contribution in [1.82, 2.24) is 0 Å². The molecule has 0 unspecified atom stereocenters. The molecule has 2 rings (SSSR count). The predicted molar refractivity (Wildman–Crippen MR) is 52.1 cm³/mol. The summed E-state index contributed by atoms with van der Waals surface area (Å²) in [6.07, 6.45) is 1.13. The monoisotopic (exact) mass is 212 g/mol. The maximum atomic E-state index is 11.8. The van der Waals surface area contributed by atoms with E-state index in [1.807, 2.05) is 20.8 Å². The number of carboxylic acids is 1. The van der Waals surface area contributed by atoms with Crippen molar-refractivity contribution < 1.29 is 19.4 Å². The Morgan fingerprint density at radius 3 is 2.40 bits per heavy atom. The largest absolute Gasteiger partial charge is 0.480 e. The molecule has 1 saturated carbocycles. The zero-order chi connectivity index (χ0) is 11.5. The summed E-state index contributed by atoms with van der Waals surface area (Å²) in [6, 6.07) is 0. The highest BCUT2D eigenvalue weighted by Crippen LogP contribution is 2.65. The normalized spacial score (nSPS) is 42.5. The van der Waals surface area contributed by atoms with Gasteiger partial charge in [0.15, 0.2) is 5.41 Å². The lowest BCUT2D eigenvalue weighted by Crippen LogP contribution is -2.57. The minimum Gasteiger partial charge on any atom is -0.480 e. The summed E-state index contributed by atoms with van der Waals surface area (Å²) in [7, 11) is 0. The Morgan fingerprint density at radius 2 is 1.93 bits per heavy atom. The van der Waals surface area contributed by atoms with Gasteiger partial charge in [0.1, 0.15) is 0 Å². The van der Waals surface area contributed by atoms with Gasteiger partial charge in [-0.3, -0.25) is 9.59 Å². The summed E-state index contributed by atoms with van der Waals surface area (Å²) in [4.78, 5) is 23.2. The van der Waals surface area contributed by atoms with E-state index >= 15 is 0 Å². The van der Waals surface area contributed by atoms with Crippen LogP contribution in [0.3, 0.4) is 0 Å². The summed E-state index contributed by atoms with van der Waals surface area (Å²) in [5.74, 6) is -1.60. The van der Waals surface area contributed by atoms with Crippen LogP contribution >= 0.6 is 0 Å². The van der Waals surface area contributed by atoms with Crippen molar-refractivity contribution in [1.29, 1.82) is 0 Å². The van der Waals surface area contributed by atoms with E-state index < -0.39 is 22.8 Å². The van der Waals surface area contributed by atoms with Crippen molar-refractivity contribution in [3.63, 3.8) is 0 Å². The number of hydrogen-bond donors (Lipinski definition) is 1. The highest BCUT2D eigenvalue weighted by atomic mass is 16.5. The van der Waals surface area contributed by atoms with Crippen molar-refractivity contribution in [2.75, 3.05) is 6.61 Å². The molecule has 1 aliphatic carbocycles. The fourth-order valence-corrected chi connectivity index (χ4v) is 3.02. The van der Waals surface area contributed by atoms with Crippen molar-refractivity contribution in [3.8, 4) is 0 Å². The Bertz CT molecular complexity index is 346. The Labute approximate surface area is 88.6 Å². The second-order valence-electron chi connectivity index (χ2n) is 5.47. The summed E-state index contributed by atoms with van der Waals surface area (Å²) >= 11 is 0. The Balaban J connectivity index is 2.61. The molecular weight excluding hydrogens is 196 g/mol. The number of carbonyl (C=O) groups excluding carboxylic acids is 1. The molecule has 2 aliphatic rings. The van der Waals surface area contributed by atoms with Crippen LogP contribution in [0.25, 0.3) is 0 Å². The number of rotatable bonds is 1. The smallest absolute Gasteiger partial charge is 0.324 e. The van der Waals surface area contributed by atoms with Crippen LogP contribution in [0, 0.1) is 16.2 Å². The van der Waals surface area contributed by atoms with Gasteiger partial charge < -0.3 is 9.84 Å². The van der Waals surface area contributed by atoms with Gasteiger partial charge >= 0.3 is 11.9 Å². The van der Waals surface area contributed by atoms with Crippen LogP contribution in [0.1, 0.15) is 33.6 Å². The number of carboxylic acid groups (broad SMARTS) is 1. The van der Waals surface area contributed by atoms with Gasteiger partial charge in [0.05, 0.1) is 6.61 Å². The quantitative estimate of drug-likeness (QED) is 0.527. The average molecular weight is 212 g/mol. The van der Waals surface area contributed by atoms with Gasteiger partial charge in [0.25, 0.3) is 0 Å². The molecule has 4 nitrogen and oxygen atoms in total. The van der Waals surface area contributed by atoms with Crippen molar-refractivity contribution >= 4 is 11.9 Å². The molecular formula is C11H16O4. The van der Waals surface area contributed by atoms with Gasteiger partial charge in [-0.15, -0.1) is 0 Å². The van der Waals surface area contributed by atoms with Crippen LogP contribution < -0.4 is 0 Å². The Hall–Kier alpha value is -1.06. The van der Waals surface area contributed by atoms with Gasteiger partial charge in [0, 0.05) is 10.8 Å². The molecule has 15 heavy (non-hydrogen) atoms. The van der Waals surface area contributed by atoms with E-state index in [1.54, 1.807) is 0 Å². The van der Waals surface area contributed by atoms with Crippen LogP contribution in [-0.2, 0) is 14.3 Å². The van der Waals surface area contributed by atoms with E-state index in [4.69, 9.17) is 4.74 Å². The first-order valence-electron chi connectivity index (χ1n) is 5.19. The Morgan fingerprint density at radius 1 is 1.33 bits per heavy atom. The number of cyclic esters (lactones) is 1. The molecule has 84 valence electrons. The lowest BCUT2D eigenvalue weighted by atomic mass is 9.57. The molecule has 0 radical (unpaired) electrons. The first-order chi connectivity index (χ1) is 6.78. The van der Waals surface area contributed by atoms with Gasteiger partial charge in [-0.25, -0.2) is 0 Å². The fraction of sp³-hybridized carbons (Fsp3) is 0.818. The van der Waals surface area contributed by atoms with Gasteiger partial charge in [-0.1, -0.05) is 20.8 Å². The molecule has 1 heterocycles. The van der Waals surface area contributed by atoms with Crippen LogP contribution in [0.5, 0.6) is 0 Å². The molecule has 0 amide bonds. The molecule has 4 heteroatoms. The van der Waals surface area contributed by atoms with E-state index in [9.17, 15) is 14.7 Å². The van der Waals surface area contributed by atoms with Crippen LogP contribution in [-0.4, -0.2) is 23.7 Å². The number of fused-ring (bicyclic) bond motifs is 2. The minimum absolute atomic E-state index is 0.209. The summed E-state index contributed by atoms with van der Waals surface area (Å²) in [5, 5.41) is 9.34. The molecule has 0 aromatic carbocycles. The fourth-order valence-electron chi connectivity index (χ4n) is 3.02. The molecule has 1 N–H and O–H groups in total. The molecule has 2 atom stereocenters. The van der Waals surface area contributed by atoms with E-state index in [-0.39, 0.29) is 5.41 Å². The van der Waals surface area contributed by atoms with Gasteiger partial charge in [-0.05, 0) is 12.8 Å². The highest BCUT2D eigenvalue weighted by molar-refractivity contribution is 6.01. The van der Waals surface area contributed by atoms with Crippen molar-refractivity contribution in [3.05, 3.63) is 0 Å². The second kappa shape index (κ2) is 2.54. The molecule has 1 aliphatic heterocycles. The predicted octanol–water partition coefficient (Wildman–Crippen LogP) is 1.44. The number of carbonyl (C=O) groups is 2. The maximum absolute atomic E-state index is 11.8. The summed E-state index contributed by atoms with van der Waals surface area (Å²) in [6.45, 7) is 6.08. The first kappa shape index (κ1) is 10.5. The van der Waals surface area contributed by atoms with Crippen molar-refractivity contribution in [2.45, 2.75) is 33.6 Å². The third-order valence-electron chi connectivity index (χ3n) is 4.86. The van der Waals surface area contributed by atoms with E-state index in [2.05, 4.69) is 0 Å². The molecule has 1 saturated heterocycles. The molecule has 0 spiro atoms. The molecule has 2 bridgehead atoms. The molecule has 0 aromatic heterocycles. The maximum Gasteiger partial charge on any atom is 0.324 e. The van der Waals surface area contributed by atoms with Gasteiger partial charge in [0.2, 0.25) is 0 Å². The topological polar surface area (TPSA) is 63.6 Å². The van der Waals surface area contributed by atoms with E-state index in [0.717, 1.165) is 6.42 Å². The molecule has 0 aromatic rings. The SMILES string of the molecule is CC1(C)[C@@]2(C)CC[C@]1(C(=O)O)C(=O)OC2. The summed E-state index contributed by atoms with van der Waals surface area (Å²) in [5.41, 5.74) is -2.08. The highest BCUT2D eigenvalue weighted by Gasteiger charge is 2.72. The van der Waals surface area contributed by atoms with Crippen molar-refractivity contribution in [2.24, 2.45) is 16.2 Å². The van der Waals surface area contributed by atoms with E-state index in [1.165, 1.54) is 0 Å². The number of esters is 1. The number of hydrogen-bond acceptors (Lipinski definition) is 3. The summed E-state index contributed by atoms with van der Waals surface area (Å²) < 4.78 is 5.05. The lowest BCUT2D eigenvalue weighted by molar-refractivity contribution is -0.196. The average Bonchev–Trinajstić information content (AvgIpc) is 2.27. The first-order valence-corrected chi connectivity index (χ1v) is 5.19. The zero-order valence-corrected chi connectivity index (χ0v) is 9.29. The minimum atomic E-state index is -1.33. The van der Waals surface area contributed by atoms with Crippen LogP contribution in [0.15, 0.2) is 0 Å². The molecule has 2 fully saturated rings. The number of aliphatic carboxylic acids is 1. The standard InChI is InChI=1S/C11H16O4/c1-9(2)10(3)4-5-11(9,7(12)13)8(14)15-6-10/h4-6H2,1-3H3,(H,12,13)/t10-,11-/m0/s1. The zero-order valence-electron chi connectivity index (χ0n) is 9.29. The second-order valence-corrected chi connectivity index (χ2v) is 5.47. The van der Waals surface area contributed by atoms with Gasteiger partial charge in [-0.2, -0.15) is 0 Å². The third kappa shape index (κ3) is 0.880. The van der Waals surface area contributed by atoms with Crippen LogP contribution in [0.2, 0.25) is 0 Å².